The van der Waals surface area contributed by atoms with Gasteiger partial charge < -0.3 is 9.80 Å². The van der Waals surface area contributed by atoms with Crippen LogP contribution in [0.1, 0.15) is 27.3 Å². The molecule has 1 amide bonds. The quantitative estimate of drug-likeness (QED) is 0.465. The molecule has 1 aliphatic heterocycles. The van der Waals surface area contributed by atoms with Crippen molar-refractivity contribution in [3.8, 4) is 0 Å². The molecule has 9 nitrogen and oxygen atoms in total. The number of amides is 1. The Bertz CT molecular complexity index is 1090. The summed E-state index contributed by atoms with van der Waals surface area (Å²) >= 11 is 0. The Morgan fingerprint density at radius 1 is 1.06 bits per heavy atom. The molecule has 3 heterocycles. The van der Waals surface area contributed by atoms with E-state index in [-0.39, 0.29) is 11.6 Å². The zero-order valence-corrected chi connectivity index (χ0v) is 17.6. The number of carbonyl (C=O) groups excluding carboxylic acids is 1. The summed E-state index contributed by atoms with van der Waals surface area (Å²) in [6, 6.07) is 13.2. The summed E-state index contributed by atoms with van der Waals surface area (Å²) < 4.78 is 1.88. The van der Waals surface area contributed by atoms with Crippen LogP contribution in [0.5, 0.6) is 0 Å². The summed E-state index contributed by atoms with van der Waals surface area (Å²) in [5.74, 6) is 0.673. The van der Waals surface area contributed by atoms with Crippen molar-refractivity contribution in [1.82, 2.24) is 19.7 Å². The zero-order chi connectivity index (χ0) is 22.0. The van der Waals surface area contributed by atoms with Crippen LogP contribution in [0.3, 0.4) is 0 Å². The van der Waals surface area contributed by atoms with Gasteiger partial charge in [-0.1, -0.05) is 30.3 Å². The molecular formula is C22H24N6O3. The standard InChI is InChI=1S/C22H24N6O3/c1-16-21(17(2)27(24-16)15-18-6-4-3-5-7-18)22(29)26-12-10-25(11-13-26)20-9-8-19(14-23-20)28(30)31/h3-9,14H,10-13,15H2,1-2H3. The Hall–Kier alpha value is -3.75. The Balaban J connectivity index is 1.43. The van der Waals surface area contributed by atoms with Gasteiger partial charge in [-0.15, -0.1) is 0 Å². The van der Waals surface area contributed by atoms with Crippen LogP contribution in [0, 0.1) is 24.0 Å². The second kappa shape index (κ2) is 8.55. The highest BCUT2D eigenvalue weighted by atomic mass is 16.6. The van der Waals surface area contributed by atoms with Crippen LogP contribution in [-0.2, 0) is 6.54 Å². The summed E-state index contributed by atoms with van der Waals surface area (Å²) in [5.41, 5.74) is 3.37. The minimum Gasteiger partial charge on any atom is -0.353 e. The third-order valence-electron chi connectivity index (χ3n) is 5.60. The minimum atomic E-state index is -0.462. The van der Waals surface area contributed by atoms with Crippen molar-refractivity contribution < 1.29 is 9.72 Å². The first kappa shape index (κ1) is 20.5. The lowest BCUT2D eigenvalue weighted by Crippen LogP contribution is -2.49. The van der Waals surface area contributed by atoms with Crippen LogP contribution < -0.4 is 4.90 Å². The number of piperazine rings is 1. The van der Waals surface area contributed by atoms with Gasteiger partial charge in [-0.2, -0.15) is 5.10 Å². The van der Waals surface area contributed by atoms with Gasteiger partial charge in [-0.25, -0.2) is 4.98 Å². The van der Waals surface area contributed by atoms with Gasteiger partial charge in [-0.3, -0.25) is 19.6 Å². The van der Waals surface area contributed by atoms with Crippen molar-refractivity contribution in [2.75, 3.05) is 31.1 Å². The molecule has 1 aliphatic rings. The molecule has 2 aromatic heterocycles. The molecule has 3 aromatic rings. The maximum absolute atomic E-state index is 13.2. The maximum atomic E-state index is 13.2. The summed E-state index contributed by atoms with van der Waals surface area (Å²) in [7, 11) is 0. The maximum Gasteiger partial charge on any atom is 0.287 e. The number of rotatable bonds is 5. The monoisotopic (exact) mass is 420 g/mol. The Morgan fingerprint density at radius 2 is 1.77 bits per heavy atom. The molecule has 0 radical (unpaired) electrons. The number of pyridine rings is 1. The van der Waals surface area contributed by atoms with Gasteiger partial charge in [0.1, 0.15) is 12.0 Å². The second-order valence-corrected chi connectivity index (χ2v) is 7.60. The van der Waals surface area contributed by atoms with E-state index < -0.39 is 4.92 Å². The fourth-order valence-electron chi connectivity index (χ4n) is 3.89. The number of hydrogen-bond acceptors (Lipinski definition) is 6. The van der Waals surface area contributed by atoms with E-state index in [1.54, 1.807) is 6.07 Å². The lowest BCUT2D eigenvalue weighted by Gasteiger charge is -2.35. The van der Waals surface area contributed by atoms with E-state index in [1.807, 2.05) is 58.7 Å². The van der Waals surface area contributed by atoms with Crippen molar-refractivity contribution in [2.45, 2.75) is 20.4 Å². The summed E-state index contributed by atoms with van der Waals surface area (Å²) in [6.07, 6.45) is 1.26. The molecule has 1 aromatic carbocycles. The molecule has 0 N–H and O–H groups in total. The van der Waals surface area contributed by atoms with Crippen molar-refractivity contribution in [1.29, 1.82) is 0 Å². The summed E-state index contributed by atoms with van der Waals surface area (Å²) in [4.78, 5) is 31.6. The Labute approximate surface area is 180 Å². The van der Waals surface area contributed by atoms with E-state index in [1.165, 1.54) is 12.3 Å². The van der Waals surface area contributed by atoms with Crippen molar-refractivity contribution in [3.05, 3.63) is 81.3 Å². The number of nitro groups is 1. The molecule has 9 heteroatoms. The Morgan fingerprint density at radius 3 is 2.39 bits per heavy atom. The molecule has 31 heavy (non-hydrogen) atoms. The first-order chi connectivity index (χ1) is 14.9. The topological polar surface area (TPSA) is 97.4 Å². The lowest BCUT2D eigenvalue weighted by molar-refractivity contribution is -0.385. The van der Waals surface area contributed by atoms with E-state index in [4.69, 9.17) is 0 Å². The third kappa shape index (κ3) is 4.25. The van der Waals surface area contributed by atoms with Crippen molar-refractivity contribution in [2.24, 2.45) is 0 Å². The predicted molar refractivity (Wildman–Crippen MR) is 116 cm³/mol. The fourth-order valence-corrected chi connectivity index (χ4v) is 3.89. The zero-order valence-electron chi connectivity index (χ0n) is 17.6. The van der Waals surface area contributed by atoms with Crippen LogP contribution in [0.4, 0.5) is 11.5 Å². The smallest absolute Gasteiger partial charge is 0.287 e. The van der Waals surface area contributed by atoms with Gasteiger partial charge in [0.05, 0.1) is 22.7 Å². The van der Waals surface area contributed by atoms with Gasteiger partial charge in [0.15, 0.2) is 0 Å². The number of benzene rings is 1. The first-order valence-corrected chi connectivity index (χ1v) is 10.2. The molecule has 4 rings (SSSR count). The molecule has 0 bridgehead atoms. The number of hydrogen-bond donors (Lipinski definition) is 0. The third-order valence-corrected chi connectivity index (χ3v) is 5.60. The van der Waals surface area contributed by atoms with E-state index in [0.717, 1.165) is 17.0 Å². The summed E-state index contributed by atoms with van der Waals surface area (Å²) in [5, 5.41) is 15.4. The van der Waals surface area contributed by atoms with Crippen LogP contribution in [0.2, 0.25) is 0 Å². The van der Waals surface area contributed by atoms with Crippen LogP contribution in [0.25, 0.3) is 0 Å². The van der Waals surface area contributed by atoms with Gasteiger partial charge in [-0.05, 0) is 25.5 Å². The number of carbonyl (C=O) groups is 1. The molecule has 0 aliphatic carbocycles. The number of aromatic nitrogens is 3. The van der Waals surface area contributed by atoms with Crippen molar-refractivity contribution >= 4 is 17.4 Å². The average molecular weight is 420 g/mol. The second-order valence-electron chi connectivity index (χ2n) is 7.60. The van der Waals surface area contributed by atoms with Crippen LogP contribution in [-0.4, -0.2) is 56.7 Å². The molecule has 0 saturated carbocycles. The van der Waals surface area contributed by atoms with Gasteiger partial charge >= 0.3 is 0 Å². The predicted octanol–water partition coefficient (Wildman–Crippen LogP) is 2.81. The largest absolute Gasteiger partial charge is 0.353 e. The Kier molecular flexibility index (Phi) is 5.66. The van der Waals surface area contributed by atoms with Crippen molar-refractivity contribution in [3.63, 3.8) is 0 Å². The molecule has 0 spiro atoms. The first-order valence-electron chi connectivity index (χ1n) is 10.2. The van der Waals surface area contributed by atoms with Crippen LogP contribution >= 0.6 is 0 Å². The molecular weight excluding hydrogens is 396 g/mol. The van der Waals surface area contributed by atoms with Crippen LogP contribution in [0.15, 0.2) is 48.7 Å². The molecule has 160 valence electrons. The van der Waals surface area contributed by atoms with Gasteiger partial charge in [0.2, 0.25) is 0 Å². The summed E-state index contributed by atoms with van der Waals surface area (Å²) in [6.45, 7) is 6.78. The lowest BCUT2D eigenvalue weighted by atomic mass is 10.1. The highest BCUT2D eigenvalue weighted by Crippen LogP contribution is 2.21. The van der Waals surface area contributed by atoms with Gasteiger partial charge in [0, 0.05) is 37.9 Å². The molecule has 1 fully saturated rings. The average Bonchev–Trinajstić information content (AvgIpc) is 3.07. The molecule has 0 atom stereocenters. The van der Waals surface area contributed by atoms with Gasteiger partial charge in [0.25, 0.3) is 11.6 Å². The SMILES string of the molecule is Cc1nn(Cc2ccccc2)c(C)c1C(=O)N1CCN(c2ccc([N+](=O)[O-])cn2)CC1. The minimum absolute atomic E-state index is 0.00868. The molecule has 0 unspecified atom stereocenters. The highest BCUT2D eigenvalue weighted by Gasteiger charge is 2.27. The van der Waals surface area contributed by atoms with E-state index >= 15 is 0 Å². The van der Waals surface area contributed by atoms with E-state index in [9.17, 15) is 14.9 Å². The molecule has 1 saturated heterocycles. The fraction of sp³-hybridized carbons (Fsp3) is 0.318. The number of anilines is 1. The normalized spacial score (nSPS) is 14.0. The van der Waals surface area contributed by atoms with E-state index in [0.29, 0.717) is 44.1 Å². The number of aryl methyl sites for hydroxylation is 1. The highest BCUT2D eigenvalue weighted by molar-refractivity contribution is 5.96. The van der Waals surface area contributed by atoms with E-state index in [2.05, 4.69) is 10.1 Å². The number of nitrogens with zero attached hydrogens (tertiary/aromatic N) is 6.